The Hall–Kier alpha value is -0.490. The highest BCUT2D eigenvalue weighted by Gasteiger charge is 2.62. The molecule has 0 amide bonds. The summed E-state index contributed by atoms with van der Waals surface area (Å²) in [6.07, 6.45) is 12.3. The summed E-state index contributed by atoms with van der Waals surface area (Å²) in [5, 5.41) is 0. The van der Waals surface area contributed by atoms with Crippen LogP contribution in [0.1, 0.15) is 98.8 Å². The number of ketones is 1. The van der Waals surface area contributed by atoms with Crippen LogP contribution in [0.15, 0.2) is 0 Å². The highest BCUT2D eigenvalue weighted by atomic mass is 16.7. The van der Waals surface area contributed by atoms with Gasteiger partial charge < -0.3 is 18.9 Å². The third kappa shape index (κ3) is 5.33. The number of rotatable bonds is 11. The molecule has 0 N–H and O–H groups in total. The van der Waals surface area contributed by atoms with Gasteiger partial charge in [0.25, 0.3) is 0 Å². The molecule has 0 aromatic heterocycles. The van der Waals surface area contributed by atoms with E-state index in [1.807, 2.05) is 13.8 Å². The smallest absolute Gasteiger partial charge is 0.146 e. The molecule has 0 heterocycles. The zero-order valence-corrected chi connectivity index (χ0v) is 24.2. The molecule has 5 heteroatoms. The third-order valence-corrected chi connectivity index (χ3v) is 11.7. The zero-order valence-electron chi connectivity index (χ0n) is 24.2. The van der Waals surface area contributed by atoms with Crippen LogP contribution in [0.2, 0.25) is 0 Å². The van der Waals surface area contributed by atoms with Crippen molar-refractivity contribution >= 4 is 5.78 Å². The maximum absolute atomic E-state index is 12.3. The Morgan fingerprint density at radius 3 is 2.19 bits per heavy atom. The zero-order chi connectivity index (χ0) is 26.1. The van der Waals surface area contributed by atoms with Gasteiger partial charge in [0.2, 0.25) is 0 Å². The number of ether oxygens (including phenoxy) is 4. The fourth-order valence-corrected chi connectivity index (χ4v) is 9.72. The van der Waals surface area contributed by atoms with Crippen LogP contribution < -0.4 is 0 Å². The second-order valence-electron chi connectivity index (χ2n) is 13.7. The molecule has 0 spiro atoms. The van der Waals surface area contributed by atoms with Gasteiger partial charge in [-0.05, 0) is 104 Å². The summed E-state index contributed by atoms with van der Waals surface area (Å²) in [5.74, 6) is 4.77. The summed E-state index contributed by atoms with van der Waals surface area (Å²) < 4.78 is 23.2. The van der Waals surface area contributed by atoms with Crippen molar-refractivity contribution in [3.63, 3.8) is 0 Å². The van der Waals surface area contributed by atoms with Crippen LogP contribution in [0.4, 0.5) is 0 Å². The summed E-state index contributed by atoms with van der Waals surface area (Å²) in [4.78, 5) is 12.3. The van der Waals surface area contributed by atoms with E-state index >= 15 is 0 Å². The SMILES string of the molecule is COCO[C@@H]1CCC2(C)C3CCC4(C)C(CCC4[C@H](C)CCC(=O)C(C)C)C3C[C@H](OCOC)[C@@H]2C1. The highest BCUT2D eigenvalue weighted by molar-refractivity contribution is 5.80. The molecule has 4 fully saturated rings. The Morgan fingerprint density at radius 2 is 1.50 bits per heavy atom. The summed E-state index contributed by atoms with van der Waals surface area (Å²) in [6.45, 7) is 12.5. The van der Waals surface area contributed by atoms with E-state index in [0.29, 0.717) is 42.0 Å². The van der Waals surface area contributed by atoms with E-state index in [1.165, 1.54) is 38.5 Å². The molecule has 4 aliphatic rings. The molecule has 4 rings (SSSR count). The van der Waals surface area contributed by atoms with E-state index < -0.39 is 0 Å². The fourth-order valence-electron chi connectivity index (χ4n) is 9.72. The number of Topliss-reactive ketones (excluding diaryl/α,β-unsaturated/α-hetero) is 1. The van der Waals surface area contributed by atoms with Crippen molar-refractivity contribution in [2.24, 2.45) is 52.3 Å². The molecule has 4 saturated carbocycles. The van der Waals surface area contributed by atoms with E-state index in [0.717, 1.165) is 49.4 Å². The molecule has 0 bridgehead atoms. The standard InChI is InChI=1S/C31H54O5/c1-20(2)28(32)11-8-21(3)24-9-10-25-23-17-29(36-19-34-7)27-16-22(35-18-33-6)12-14-31(27,5)26(23)13-15-30(24,25)4/h20-27,29H,8-19H2,1-7H3/t21-,22-,23?,24?,25?,26?,27+,29+,30?,31?/m1/s1. The van der Waals surface area contributed by atoms with Crippen molar-refractivity contribution in [2.75, 3.05) is 27.8 Å². The summed E-state index contributed by atoms with van der Waals surface area (Å²) in [6, 6.07) is 0. The van der Waals surface area contributed by atoms with Gasteiger partial charge in [0.1, 0.15) is 19.4 Å². The molecule has 6 unspecified atom stereocenters. The molecule has 0 aliphatic heterocycles. The molecule has 0 aromatic carbocycles. The number of fused-ring (bicyclic) bond motifs is 5. The van der Waals surface area contributed by atoms with Gasteiger partial charge >= 0.3 is 0 Å². The van der Waals surface area contributed by atoms with Crippen LogP contribution in [0.5, 0.6) is 0 Å². The van der Waals surface area contributed by atoms with E-state index in [4.69, 9.17) is 18.9 Å². The molecule has 0 radical (unpaired) electrons. The van der Waals surface area contributed by atoms with Gasteiger partial charge in [0.15, 0.2) is 0 Å². The van der Waals surface area contributed by atoms with Crippen molar-refractivity contribution in [2.45, 2.75) is 111 Å². The Bertz CT molecular complexity index is 738. The predicted molar refractivity (Wildman–Crippen MR) is 142 cm³/mol. The van der Waals surface area contributed by atoms with Gasteiger partial charge in [-0.25, -0.2) is 0 Å². The van der Waals surface area contributed by atoms with Gasteiger partial charge in [-0.1, -0.05) is 34.6 Å². The number of methoxy groups -OCH3 is 2. The molecule has 0 saturated heterocycles. The van der Waals surface area contributed by atoms with Crippen LogP contribution in [0.25, 0.3) is 0 Å². The van der Waals surface area contributed by atoms with Crippen molar-refractivity contribution in [1.29, 1.82) is 0 Å². The monoisotopic (exact) mass is 506 g/mol. The maximum Gasteiger partial charge on any atom is 0.146 e. The molecule has 208 valence electrons. The van der Waals surface area contributed by atoms with Crippen molar-refractivity contribution in [3.8, 4) is 0 Å². The summed E-state index contributed by atoms with van der Waals surface area (Å²) >= 11 is 0. The summed E-state index contributed by atoms with van der Waals surface area (Å²) in [5.41, 5.74) is 0.707. The van der Waals surface area contributed by atoms with Crippen molar-refractivity contribution in [1.82, 2.24) is 0 Å². The van der Waals surface area contributed by atoms with Gasteiger partial charge in [-0.15, -0.1) is 0 Å². The van der Waals surface area contributed by atoms with Crippen molar-refractivity contribution in [3.05, 3.63) is 0 Å². The fraction of sp³-hybridized carbons (Fsp3) is 0.968. The number of hydrogen-bond donors (Lipinski definition) is 0. The molecule has 4 aliphatic carbocycles. The lowest BCUT2D eigenvalue weighted by atomic mass is 9.43. The summed E-state index contributed by atoms with van der Waals surface area (Å²) in [7, 11) is 3.44. The number of hydrogen-bond acceptors (Lipinski definition) is 5. The molecule has 5 nitrogen and oxygen atoms in total. The maximum atomic E-state index is 12.3. The third-order valence-electron chi connectivity index (χ3n) is 11.7. The Labute approximate surface area is 220 Å². The van der Waals surface area contributed by atoms with Gasteiger partial charge in [-0.3, -0.25) is 4.79 Å². The lowest BCUT2D eigenvalue weighted by Gasteiger charge is -2.63. The largest absolute Gasteiger partial charge is 0.359 e. The van der Waals surface area contributed by atoms with Crippen LogP contribution in [-0.4, -0.2) is 45.8 Å². The van der Waals surface area contributed by atoms with Gasteiger partial charge in [0, 0.05) is 26.6 Å². The van der Waals surface area contributed by atoms with E-state index in [9.17, 15) is 4.79 Å². The quantitative estimate of drug-likeness (QED) is 0.286. The molecule has 0 aromatic rings. The first-order valence-corrected chi connectivity index (χ1v) is 14.9. The Morgan fingerprint density at radius 1 is 0.833 bits per heavy atom. The van der Waals surface area contributed by atoms with Crippen LogP contribution in [-0.2, 0) is 23.7 Å². The van der Waals surface area contributed by atoms with E-state index in [1.54, 1.807) is 14.2 Å². The average molecular weight is 507 g/mol. The van der Waals surface area contributed by atoms with E-state index in [-0.39, 0.29) is 18.1 Å². The topological polar surface area (TPSA) is 54.0 Å². The average Bonchev–Trinajstić information content (AvgIpc) is 3.21. The number of carbonyl (C=O) groups is 1. The van der Waals surface area contributed by atoms with Crippen LogP contribution in [0, 0.1) is 52.3 Å². The lowest BCUT2D eigenvalue weighted by molar-refractivity contribution is -0.214. The first-order chi connectivity index (χ1) is 17.2. The Balaban J connectivity index is 1.51. The Kier molecular flexibility index (Phi) is 9.28. The van der Waals surface area contributed by atoms with Gasteiger partial charge in [0.05, 0.1) is 12.2 Å². The minimum atomic E-state index is 0.162. The second-order valence-corrected chi connectivity index (χ2v) is 13.7. The van der Waals surface area contributed by atoms with Gasteiger partial charge in [-0.2, -0.15) is 0 Å². The molecule has 36 heavy (non-hydrogen) atoms. The predicted octanol–water partition coefficient (Wildman–Crippen LogP) is 6.87. The lowest BCUT2D eigenvalue weighted by Crippen LogP contribution is -2.59. The number of carbonyl (C=O) groups excluding carboxylic acids is 1. The highest BCUT2D eigenvalue weighted by Crippen LogP contribution is 2.68. The minimum absolute atomic E-state index is 0.162. The first kappa shape index (κ1) is 28.5. The molecular formula is C31H54O5. The van der Waals surface area contributed by atoms with Crippen molar-refractivity contribution < 1.29 is 23.7 Å². The van der Waals surface area contributed by atoms with E-state index in [2.05, 4.69) is 20.8 Å². The molecular weight excluding hydrogens is 452 g/mol. The second kappa shape index (κ2) is 11.7. The van der Waals surface area contributed by atoms with Crippen LogP contribution in [0.3, 0.4) is 0 Å². The minimum Gasteiger partial charge on any atom is -0.359 e. The van der Waals surface area contributed by atoms with Crippen LogP contribution >= 0.6 is 0 Å². The molecule has 10 atom stereocenters. The normalized spacial score (nSPS) is 43.1. The first-order valence-electron chi connectivity index (χ1n) is 14.9.